The lowest BCUT2D eigenvalue weighted by molar-refractivity contribution is -0.146. The number of methoxy groups -OCH3 is 1. The normalized spacial score (nSPS) is 19.7. The highest BCUT2D eigenvalue weighted by molar-refractivity contribution is 14.1. The Labute approximate surface area is 123 Å². The fraction of sp³-hybridized carbons (Fsp3) is 0.500. The molecule has 0 bridgehead atoms. The van der Waals surface area contributed by atoms with Gasteiger partial charge in [-0.25, -0.2) is 0 Å². The molecule has 2 heterocycles. The molecule has 1 atom stereocenters. The molecule has 1 fully saturated rings. The van der Waals surface area contributed by atoms with Crippen molar-refractivity contribution >= 4 is 45.8 Å². The van der Waals surface area contributed by atoms with E-state index in [1.807, 2.05) is 11.4 Å². The number of hydrogen-bond donors (Lipinski definition) is 0. The second kappa shape index (κ2) is 6.01. The molecule has 18 heavy (non-hydrogen) atoms. The minimum atomic E-state index is -0.215. The van der Waals surface area contributed by atoms with E-state index in [2.05, 4.69) is 22.6 Å². The summed E-state index contributed by atoms with van der Waals surface area (Å²) in [5.41, 5.74) is 0.718. The van der Waals surface area contributed by atoms with Gasteiger partial charge in [-0.3, -0.25) is 9.59 Å². The van der Waals surface area contributed by atoms with Gasteiger partial charge in [0.05, 0.1) is 21.5 Å². The molecule has 2 rings (SSSR count). The molecule has 0 aromatic carbocycles. The summed E-state index contributed by atoms with van der Waals surface area (Å²) in [4.78, 5) is 25.5. The van der Waals surface area contributed by atoms with Crippen molar-refractivity contribution in [3.8, 4) is 0 Å². The molecule has 0 saturated carbocycles. The quantitative estimate of drug-likeness (QED) is 0.586. The van der Waals surface area contributed by atoms with Gasteiger partial charge in [0.25, 0.3) is 5.91 Å². The van der Waals surface area contributed by atoms with Gasteiger partial charge in [-0.2, -0.15) is 0 Å². The molecule has 0 radical (unpaired) electrons. The number of piperidine rings is 1. The molecule has 1 aromatic heterocycles. The summed E-state index contributed by atoms with van der Waals surface area (Å²) >= 11 is 3.76. The number of ether oxygens (including phenoxy) is 1. The van der Waals surface area contributed by atoms with Gasteiger partial charge < -0.3 is 9.64 Å². The summed E-state index contributed by atoms with van der Waals surface area (Å²) in [6, 6.07) is 1.88. The third kappa shape index (κ3) is 3.03. The number of nitrogens with zero attached hydrogens (tertiary/aromatic N) is 1. The predicted molar refractivity (Wildman–Crippen MR) is 77.7 cm³/mol. The topological polar surface area (TPSA) is 46.6 Å². The summed E-state index contributed by atoms with van der Waals surface area (Å²) in [6.07, 6.45) is 1.66. The number of likely N-dealkylation sites (tertiary alicyclic amines) is 1. The largest absolute Gasteiger partial charge is 0.469 e. The molecule has 0 unspecified atom stereocenters. The van der Waals surface area contributed by atoms with Crippen molar-refractivity contribution in [1.29, 1.82) is 0 Å². The van der Waals surface area contributed by atoms with Crippen LogP contribution in [0, 0.1) is 8.80 Å². The van der Waals surface area contributed by atoms with Crippen LogP contribution < -0.4 is 0 Å². The molecule has 1 saturated heterocycles. The lowest BCUT2D eigenvalue weighted by Crippen LogP contribution is -2.42. The van der Waals surface area contributed by atoms with Gasteiger partial charge in [0.1, 0.15) is 0 Å². The van der Waals surface area contributed by atoms with E-state index in [9.17, 15) is 9.59 Å². The van der Waals surface area contributed by atoms with E-state index in [-0.39, 0.29) is 17.8 Å². The predicted octanol–water partition coefficient (Wildman–Crippen LogP) is 2.38. The van der Waals surface area contributed by atoms with Crippen molar-refractivity contribution < 1.29 is 14.3 Å². The van der Waals surface area contributed by atoms with Gasteiger partial charge in [0.2, 0.25) is 0 Å². The van der Waals surface area contributed by atoms with Crippen LogP contribution in [-0.2, 0) is 9.53 Å². The summed E-state index contributed by atoms with van der Waals surface area (Å²) in [6.45, 7) is 1.19. The van der Waals surface area contributed by atoms with Gasteiger partial charge in [0, 0.05) is 18.5 Å². The summed E-state index contributed by atoms with van der Waals surface area (Å²) in [7, 11) is 1.39. The maximum Gasteiger partial charge on any atom is 0.310 e. The third-order valence-electron chi connectivity index (χ3n) is 3.06. The first-order chi connectivity index (χ1) is 8.61. The maximum atomic E-state index is 12.2. The molecule has 1 aliphatic rings. The zero-order chi connectivity index (χ0) is 13.1. The Morgan fingerprint density at radius 2 is 2.33 bits per heavy atom. The van der Waals surface area contributed by atoms with Crippen LogP contribution in [0.5, 0.6) is 0 Å². The smallest absolute Gasteiger partial charge is 0.310 e. The van der Waals surface area contributed by atoms with Crippen LogP contribution in [0.1, 0.15) is 23.2 Å². The standard InChI is InChI=1S/C12H14INO3S/c1-17-12(16)8-3-2-4-14(6-8)11(15)9-5-10(13)18-7-9/h5,7-8H,2-4,6H2,1H3/t8-/m0/s1. The van der Waals surface area contributed by atoms with Gasteiger partial charge in [-0.05, 0) is 41.5 Å². The Bertz CT molecular complexity index is 460. The van der Waals surface area contributed by atoms with E-state index < -0.39 is 0 Å². The van der Waals surface area contributed by atoms with Crippen molar-refractivity contribution in [1.82, 2.24) is 4.90 Å². The lowest BCUT2D eigenvalue weighted by Gasteiger charge is -2.31. The minimum Gasteiger partial charge on any atom is -0.469 e. The molecule has 98 valence electrons. The fourth-order valence-corrected chi connectivity index (χ4v) is 3.45. The van der Waals surface area contributed by atoms with Crippen LogP contribution in [0.2, 0.25) is 0 Å². The number of halogens is 1. The molecule has 6 heteroatoms. The van der Waals surface area contributed by atoms with Crippen LogP contribution in [0.15, 0.2) is 11.4 Å². The lowest BCUT2D eigenvalue weighted by atomic mass is 9.98. The number of hydrogen-bond acceptors (Lipinski definition) is 4. The monoisotopic (exact) mass is 379 g/mol. The van der Waals surface area contributed by atoms with E-state index in [0.29, 0.717) is 6.54 Å². The average molecular weight is 379 g/mol. The van der Waals surface area contributed by atoms with E-state index in [4.69, 9.17) is 4.74 Å². The van der Waals surface area contributed by atoms with Crippen LogP contribution >= 0.6 is 33.9 Å². The van der Waals surface area contributed by atoms with Crippen molar-refractivity contribution in [3.63, 3.8) is 0 Å². The van der Waals surface area contributed by atoms with Crippen LogP contribution in [-0.4, -0.2) is 37.0 Å². The van der Waals surface area contributed by atoms with Crippen LogP contribution in [0.25, 0.3) is 0 Å². The first-order valence-electron chi connectivity index (χ1n) is 5.73. The van der Waals surface area contributed by atoms with E-state index in [1.54, 1.807) is 16.2 Å². The van der Waals surface area contributed by atoms with Crippen molar-refractivity contribution in [2.75, 3.05) is 20.2 Å². The SMILES string of the molecule is COC(=O)[C@H]1CCCN(C(=O)c2csc(I)c2)C1. The Kier molecular flexibility index (Phi) is 4.60. The number of amides is 1. The highest BCUT2D eigenvalue weighted by Gasteiger charge is 2.29. The molecular formula is C12H14INO3S. The molecule has 0 N–H and O–H groups in total. The molecule has 0 aliphatic carbocycles. The molecular weight excluding hydrogens is 365 g/mol. The van der Waals surface area contributed by atoms with Crippen molar-refractivity contribution in [2.45, 2.75) is 12.8 Å². The number of esters is 1. The molecule has 1 amide bonds. The molecule has 4 nitrogen and oxygen atoms in total. The Hall–Kier alpha value is -0.630. The summed E-state index contributed by atoms with van der Waals surface area (Å²) in [5, 5.41) is 1.87. The Morgan fingerprint density at radius 3 is 2.94 bits per heavy atom. The van der Waals surface area contributed by atoms with Gasteiger partial charge in [-0.1, -0.05) is 0 Å². The highest BCUT2D eigenvalue weighted by Crippen LogP contribution is 2.22. The first kappa shape index (κ1) is 13.8. The van der Waals surface area contributed by atoms with Gasteiger partial charge in [-0.15, -0.1) is 11.3 Å². The second-order valence-electron chi connectivity index (χ2n) is 4.25. The van der Waals surface area contributed by atoms with Crippen molar-refractivity contribution in [3.05, 3.63) is 19.9 Å². The van der Waals surface area contributed by atoms with E-state index >= 15 is 0 Å². The Balaban J connectivity index is 2.05. The third-order valence-corrected chi connectivity index (χ3v) is 4.85. The number of thiophene rings is 1. The van der Waals surface area contributed by atoms with E-state index in [1.165, 1.54) is 7.11 Å². The Morgan fingerprint density at radius 1 is 1.56 bits per heavy atom. The summed E-state index contributed by atoms with van der Waals surface area (Å²) < 4.78 is 5.85. The number of carbonyl (C=O) groups excluding carboxylic acids is 2. The fourth-order valence-electron chi connectivity index (χ4n) is 2.13. The summed E-state index contributed by atoms with van der Waals surface area (Å²) in [5.74, 6) is -0.374. The molecule has 1 aliphatic heterocycles. The van der Waals surface area contributed by atoms with Gasteiger partial charge >= 0.3 is 5.97 Å². The average Bonchev–Trinajstić information content (AvgIpc) is 2.83. The minimum absolute atomic E-state index is 0.0165. The first-order valence-corrected chi connectivity index (χ1v) is 7.69. The van der Waals surface area contributed by atoms with Crippen LogP contribution in [0.4, 0.5) is 0 Å². The zero-order valence-electron chi connectivity index (χ0n) is 10.0. The highest BCUT2D eigenvalue weighted by atomic mass is 127. The van der Waals surface area contributed by atoms with Crippen LogP contribution in [0.3, 0.4) is 0 Å². The maximum absolute atomic E-state index is 12.2. The van der Waals surface area contributed by atoms with Gasteiger partial charge in [0.15, 0.2) is 0 Å². The van der Waals surface area contributed by atoms with Crippen molar-refractivity contribution in [2.24, 2.45) is 5.92 Å². The molecule has 1 aromatic rings. The number of rotatable bonds is 2. The molecule has 0 spiro atoms. The zero-order valence-corrected chi connectivity index (χ0v) is 13.0. The number of carbonyl (C=O) groups is 2. The second-order valence-corrected chi connectivity index (χ2v) is 7.06. The van der Waals surface area contributed by atoms with E-state index in [0.717, 1.165) is 27.8 Å².